The van der Waals surface area contributed by atoms with E-state index in [1.807, 2.05) is 6.92 Å². The summed E-state index contributed by atoms with van der Waals surface area (Å²) in [6.07, 6.45) is 4.60. The molecule has 0 fully saturated rings. The summed E-state index contributed by atoms with van der Waals surface area (Å²) in [7, 11) is 0. The highest BCUT2D eigenvalue weighted by atomic mass is 16.1. The van der Waals surface area contributed by atoms with Gasteiger partial charge in [0.05, 0.1) is 0 Å². The molecule has 0 bridgehead atoms. The molecule has 0 N–H and O–H groups in total. The van der Waals surface area contributed by atoms with E-state index in [1.165, 1.54) is 18.4 Å². The fraction of sp³-hybridized carbons (Fsp3) is 0.462. The van der Waals surface area contributed by atoms with Gasteiger partial charge in [-0.05, 0) is 24.0 Å². The molecule has 0 aromatic heterocycles. The van der Waals surface area contributed by atoms with Gasteiger partial charge in [-0.15, -0.1) is 0 Å². The highest BCUT2D eigenvalue weighted by molar-refractivity contribution is 5.61. The van der Waals surface area contributed by atoms with Crippen molar-refractivity contribution in [2.24, 2.45) is 0 Å². The number of carbonyl (C=O) groups excluding carboxylic acids is 1. The molecule has 0 heterocycles. The molecule has 0 amide bonds. The summed E-state index contributed by atoms with van der Waals surface area (Å²) in [4.78, 5) is 10.6. The van der Waals surface area contributed by atoms with E-state index in [2.05, 4.69) is 31.2 Å². The number of benzene rings is 1. The molecule has 1 aromatic carbocycles. The van der Waals surface area contributed by atoms with Crippen LogP contribution in [0.4, 0.5) is 0 Å². The number of aldehydes is 1. The Labute approximate surface area is 86.1 Å². The molecule has 1 rings (SSSR count). The topological polar surface area (TPSA) is 17.1 Å². The lowest BCUT2D eigenvalue weighted by atomic mass is 10.00. The second-order valence-corrected chi connectivity index (χ2v) is 3.77. The Balaban J connectivity index is 2.63. The Hall–Kier alpha value is -1.11. The predicted molar refractivity (Wildman–Crippen MR) is 59.5 cm³/mol. The van der Waals surface area contributed by atoms with Crippen LogP contribution >= 0.6 is 0 Å². The van der Waals surface area contributed by atoms with E-state index in [9.17, 15) is 4.79 Å². The van der Waals surface area contributed by atoms with Gasteiger partial charge >= 0.3 is 0 Å². The van der Waals surface area contributed by atoms with E-state index < -0.39 is 0 Å². The van der Waals surface area contributed by atoms with Gasteiger partial charge < -0.3 is 4.79 Å². The number of hydrogen-bond donors (Lipinski definition) is 0. The highest BCUT2D eigenvalue weighted by Gasteiger charge is 2.02. The van der Waals surface area contributed by atoms with Crippen molar-refractivity contribution in [3.8, 4) is 0 Å². The SMILES string of the molecule is CCCCc1ccc(C(C)C=O)cc1. The number of unbranched alkanes of at least 4 members (excludes halogenated alkanes) is 1. The minimum atomic E-state index is 0.0234. The van der Waals surface area contributed by atoms with Crippen LogP contribution in [-0.2, 0) is 11.2 Å². The maximum Gasteiger partial charge on any atom is 0.127 e. The predicted octanol–water partition coefficient (Wildman–Crippen LogP) is 3.33. The monoisotopic (exact) mass is 190 g/mol. The molecule has 0 spiro atoms. The maximum absolute atomic E-state index is 10.6. The van der Waals surface area contributed by atoms with Crippen molar-refractivity contribution in [2.45, 2.75) is 39.0 Å². The Morgan fingerprint density at radius 3 is 2.43 bits per heavy atom. The van der Waals surface area contributed by atoms with Crippen LogP contribution in [0.5, 0.6) is 0 Å². The van der Waals surface area contributed by atoms with Crippen molar-refractivity contribution in [2.75, 3.05) is 0 Å². The van der Waals surface area contributed by atoms with E-state index in [4.69, 9.17) is 0 Å². The van der Waals surface area contributed by atoms with Crippen molar-refractivity contribution in [3.63, 3.8) is 0 Å². The maximum atomic E-state index is 10.6. The van der Waals surface area contributed by atoms with Crippen molar-refractivity contribution >= 4 is 6.29 Å². The molecule has 1 unspecified atom stereocenters. The van der Waals surface area contributed by atoms with Gasteiger partial charge in [-0.2, -0.15) is 0 Å². The third-order valence-electron chi connectivity index (χ3n) is 2.53. The Bertz CT molecular complexity index is 274. The average molecular weight is 190 g/mol. The fourth-order valence-corrected chi connectivity index (χ4v) is 1.45. The zero-order valence-corrected chi connectivity index (χ0v) is 8.99. The van der Waals surface area contributed by atoms with Crippen LogP contribution in [0.25, 0.3) is 0 Å². The summed E-state index contributed by atoms with van der Waals surface area (Å²) >= 11 is 0. The summed E-state index contributed by atoms with van der Waals surface area (Å²) < 4.78 is 0. The first-order chi connectivity index (χ1) is 6.77. The molecule has 0 aliphatic carbocycles. The fourth-order valence-electron chi connectivity index (χ4n) is 1.45. The Morgan fingerprint density at radius 1 is 1.29 bits per heavy atom. The van der Waals surface area contributed by atoms with Crippen LogP contribution in [0.2, 0.25) is 0 Å². The first-order valence-electron chi connectivity index (χ1n) is 5.32. The van der Waals surface area contributed by atoms with E-state index in [0.29, 0.717) is 0 Å². The Kier molecular flexibility index (Phi) is 4.37. The molecule has 0 radical (unpaired) electrons. The number of rotatable bonds is 5. The zero-order valence-electron chi connectivity index (χ0n) is 8.99. The molecule has 14 heavy (non-hydrogen) atoms. The third-order valence-corrected chi connectivity index (χ3v) is 2.53. The first-order valence-corrected chi connectivity index (χ1v) is 5.32. The lowest BCUT2D eigenvalue weighted by Crippen LogP contribution is -1.94. The van der Waals surface area contributed by atoms with Gasteiger partial charge in [-0.25, -0.2) is 0 Å². The third kappa shape index (κ3) is 2.99. The molecule has 1 nitrogen and oxygen atoms in total. The van der Waals surface area contributed by atoms with Gasteiger partial charge in [-0.1, -0.05) is 44.5 Å². The molecule has 1 atom stereocenters. The molecule has 0 aliphatic rings. The second-order valence-electron chi connectivity index (χ2n) is 3.77. The molecule has 0 saturated heterocycles. The van der Waals surface area contributed by atoms with E-state index >= 15 is 0 Å². The summed E-state index contributed by atoms with van der Waals surface area (Å²) in [5.74, 6) is 0.0234. The van der Waals surface area contributed by atoms with Gasteiger partial charge in [0.25, 0.3) is 0 Å². The zero-order chi connectivity index (χ0) is 10.4. The number of carbonyl (C=O) groups is 1. The first kappa shape index (κ1) is 11.0. The van der Waals surface area contributed by atoms with Gasteiger partial charge in [0.15, 0.2) is 0 Å². The minimum Gasteiger partial charge on any atom is -0.303 e. The molecule has 1 heteroatoms. The lowest BCUT2D eigenvalue weighted by Gasteiger charge is -2.05. The van der Waals surface area contributed by atoms with Crippen molar-refractivity contribution in [1.82, 2.24) is 0 Å². The highest BCUT2D eigenvalue weighted by Crippen LogP contribution is 2.14. The van der Waals surface area contributed by atoms with Crippen LogP contribution in [0, 0.1) is 0 Å². The van der Waals surface area contributed by atoms with Crippen LogP contribution in [-0.4, -0.2) is 6.29 Å². The Morgan fingerprint density at radius 2 is 1.93 bits per heavy atom. The van der Waals surface area contributed by atoms with Gasteiger partial charge in [0, 0.05) is 5.92 Å². The summed E-state index contributed by atoms with van der Waals surface area (Å²) in [5, 5.41) is 0. The van der Waals surface area contributed by atoms with Crippen LogP contribution in [0.3, 0.4) is 0 Å². The molecule has 76 valence electrons. The number of hydrogen-bond acceptors (Lipinski definition) is 1. The van der Waals surface area contributed by atoms with Crippen molar-refractivity contribution < 1.29 is 4.79 Å². The molecule has 0 aliphatic heterocycles. The quantitative estimate of drug-likeness (QED) is 0.651. The molecule has 0 saturated carbocycles. The van der Waals surface area contributed by atoms with E-state index in [-0.39, 0.29) is 5.92 Å². The standard InChI is InChI=1S/C13H18O/c1-3-4-5-12-6-8-13(9-7-12)11(2)10-14/h6-11H,3-5H2,1-2H3. The summed E-state index contributed by atoms with van der Waals surface area (Å²) in [6, 6.07) is 8.38. The minimum absolute atomic E-state index is 0.0234. The van der Waals surface area contributed by atoms with E-state index in [1.54, 1.807) is 0 Å². The largest absolute Gasteiger partial charge is 0.303 e. The van der Waals surface area contributed by atoms with Crippen molar-refractivity contribution in [3.05, 3.63) is 35.4 Å². The normalized spacial score (nSPS) is 12.4. The van der Waals surface area contributed by atoms with Gasteiger partial charge in [-0.3, -0.25) is 0 Å². The molecular formula is C13H18O. The van der Waals surface area contributed by atoms with Crippen molar-refractivity contribution in [1.29, 1.82) is 0 Å². The summed E-state index contributed by atoms with van der Waals surface area (Å²) in [5.41, 5.74) is 2.48. The second kappa shape index (κ2) is 5.58. The molecular weight excluding hydrogens is 172 g/mol. The molecule has 1 aromatic rings. The smallest absolute Gasteiger partial charge is 0.127 e. The van der Waals surface area contributed by atoms with Gasteiger partial charge in [0.2, 0.25) is 0 Å². The van der Waals surface area contributed by atoms with Crippen LogP contribution in [0.15, 0.2) is 24.3 Å². The van der Waals surface area contributed by atoms with Crippen LogP contribution in [0.1, 0.15) is 43.7 Å². The number of aryl methyl sites for hydroxylation is 1. The van der Waals surface area contributed by atoms with Crippen LogP contribution < -0.4 is 0 Å². The summed E-state index contributed by atoms with van der Waals surface area (Å²) in [6.45, 7) is 4.12. The van der Waals surface area contributed by atoms with Gasteiger partial charge in [0.1, 0.15) is 6.29 Å². The lowest BCUT2D eigenvalue weighted by molar-refractivity contribution is -0.108. The van der Waals surface area contributed by atoms with E-state index in [0.717, 1.165) is 18.3 Å². The average Bonchev–Trinajstić information content (AvgIpc) is 2.26.